The number of carbonyl (C=O) groups excluding carboxylic acids is 3. The van der Waals surface area contributed by atoms with Crippen LogP contribution in [0.4, 0.5) is 5.69 Å². The van der Waals surface area contributed by atoms with Gasteiger partial charge in [0.1, 0.15) is 46.4 Å². The number of hydrogen-bond donors (Lipinski definition) is 2. The molecule has 342 valence electrons. The van der Waals surface area contributed by atoms with Gasteiger partial charge < -0.3 is 48.2 Å². The summed E-state index contributed by atoms with van der Waals surface area (Å²) in [5.74, 6) is -2.86. The molecule has 64 heavy (non-hydrogen) atoms. The molecule has 15 nitrogen and oxygen atoms in total. The Morgan fingerprint density at radius 1 is 1.06 bits per heavy atom. The second-order valence-corrected chi connectivity index (χ2v) is 17.7. The Morgan fingerprint density at radius 2 is 1.83 bits per heavy atom. The first-order valence-electron chi connectivity index (χ1n) is 21.8. The van der Waals surface area contributed by atoms with Gasteiger partial charge in [-0.05, 0) is 76.7 Å². The molecular formula is C49H59N3O12. The van der Waals surface area contributed by atoms with Gasteiger partial charge in [0.2, 0.25) is 5.43 Å². The minimum absolute atomic E-state index is 0.00665. The van der Waals surface area contributed by atoms with Crippen molar-refractivity contribution in [2.75, 3.05) is 46.3 Å². The van der Waals surface area contributed by atoms with Crippen LogP contribution in [0.15, 0.2) is 63.6 Å². The first-order chi connectivity index (χ1) is 30.6. The Morgan fingerprint density at radius 3 is 2.53 bits per heavy atom. The summed E-state index contributed by atoms with van der Waals surface area (Å²) in [6.45, 7) is 14.7. The Labute approximate surface area is 372 Å². The van der Waals surface area contributed by atoms with Gasteiger partial charge >= 0.3 is 11.8 Å². The fraction of sp³-hybridized carbons (Fsp3) is 0.490. The number of carbonyl (C=O) groups is 3. The molecule has 2 aromatic rings. The molecule has 15 heteroatoms. The lowest BCUT2D eigenvalue weighted by Crippen LogP contribution is -2.45. The van der Waals surface area contributed by atoms with E-state index in [0.29, 0.717) is 46.9 Å². The largest absolute Gasteiger partial charge is 0.493 e. The number of hydrogen-bond acceptors (Lipinski definition) is 14. The summed E-state index contributed by atoms with van der Waals surface area (Å²) in [5.41, 5.74) is 0.656. The number of allylic oxidation sites excluding steroid dienone is 3. The van der Waals surface area contributed by atoms with Gasteiger partial charge in [0.05, 0.1) is 29.9 Å². The van der Waals surface area contributed by atoms with Gasteiger partial charge in [0.25, 0.3) is 11.7 Å². The number of anilines is 1. The smallest absolute Gasteiger partial charge is 0.312 e. The van der Waals surface area contributed by atoms with E-state index >= 15 is 4.79 Å². The molecular weight excluding hydrogens is 823 g/mol. The lowest BCUT2D eigenvalue weighted by Gasteiger charge is -2.36. The van der Waals surface area contributed by atoms with Crippen molar-refractivity contribution in [3.05, 3.63) is 75.7 Å². The third kappa shape index (κ3) is 8.85. The fourth-order valence-electron chi connectivity index (χ4n) is 9.37. The fourth-order valence-corrected chi connectivity index (χ4v) is 9.37. The van der Waals surface area contributed by atoms with Gasteiger partial charge in [-0.1, -0.05) is 39.0 Å². The van der Waals surface area contributed by atoms with Gasteiger partial charge in [-0.2, -0.15) is 0 Å². The predicted molar refractivity (Wildman–Crippen MR) is 241 cm³/mol. The maximum absolute atomic E-state index is 15.5. The first kappa shape index (κ1) is 46.2. The van der Waals surface area contributed by atoms with E-state index in [-0.39, 0.29) is 56.8 Å². The molecule has 6 bridgehead atoms. The van der Waals surface area contributed by atoms with Crippen LogP contribution in [0, 0.1) is 30.6 Å². The molecule has 1 amide bonds. The van der Waals surface area contributed by atoms with Crippen molar-refractivity contribution in [1.82, 2.24) is 9.88 Å². The van der Waals surface area contributed by atoms with Gasteiger partial charge in [0, 0.05) is 69.0 Å². The van der Waals surface area contributed by atoms with E-state index in [1.54, 1.807) is 44.2 Å². The minimum atomic E-state index is -1.88. The summed E-state index contributed by atoms with van der Waals surface area (Å²) in [6.07, 6.45) is 8.30. The number of fused-ring (bicyclic) bond motifs is 8. The maximum atomic E-state index is 15.5. The van der Waals surface area contributed by atoms with Crippen molar-refractivity contribution < 1.29 is 52.3 Å². The van der Waals surface area contributed by atoms with Gasteiger partial charge in [-0.25, -0.2) is 4.98 Å². The van der Waals surface area contributed by atoms with E-state index in [1.165, 1.54) is 27.2 Å². The zero-order valence-corrected chi connectivity index (χ0v) is 38.2. The summed E-state index contributed by atoms with van der Waals surface area (Å²) in [5, 5.41) is 9.93. The molecule has 0 spiro atoms. The van der Waals surface area contributed by atoms with Crippen molar-refractivity contribution in [3.8, 4) is 28.7 Å². The topological polar surface area (TPSA) is 185 Å². The molecule has 6 aliphatic rings. The number of nitrogens with zero attached hydrogens (tertiary/aromatic N) is 2. The Bertz CT molecular complexity index is 2580. The van der Waals surface area contributed by atoms with E-state index < -0.39 is 53.1 Å². The monoisotopic (exact) mass is 881 g/mol. The average Bonchev–Trinajstić information content (AvgIpc) is 3.80. The standard InChI is InChI=1S/C48H55N3O11.CH4O/c1-24-11-10-12-26(3)47(55)50-40-41(53)37-36(39-45(40)60-34-21-31(13-14-32(34)49-39)57-23-30-15-17-51(8)22-30)38-44-28(5)43(37)61-35(20-25(2)19-24)42(59-29(6)52)27(4)33(56-9)16-18-58-48(7,62-44)46(38)54;1-2/h10-14,16,18,21,24-25,27,30,33,35,42H,15,17,19-20,22-23H2,1-9H3,(H,50,55);2H,1H3/b11-10+,18-16+,26-12-;/t24?,25-,27-,30?,33+,35?,42?,48+;/m1./s1. The van der Waals surface area contributed by atoms with E-state index in [1.807, 2.05) is 19.1 Å². The highest BCUT2D eigenvalue weighted by Gasteiger charge is 2.51. The van der Waals surface area contributed by atoms with Crippen LogP contribution in [0.25, 0.3) is 33.3 Å². The quantitative estimate of drug-likeness (QED) is 0.115. The predicted octanol–water partition coefficient (Wildman–Crippen LogP) is 7.37. The van der Waals surface area contributed by atoms with Crippen LogP contribution in [0.2, 0.25) is 0 Å². The Balaban J connectivity index is 0.00000302. The number of esters is 1. The molecule has 5 heterocycles. The number of ketones is 1. The second kappa shape index (κ2) is 18.8. The van der Waals surface area contributed by atoms with Crippen LogP contribution in [0.5, 0.6) is 17.2 Å². The number of benzene rings is 3. The van der Waals surface area contributed by atoms with Crippen molar-refractivity contribution in [2.24, 2.45) is 23.7 Å². The summed E-state index contributed by atoms with van der Waals surface area (Å²) in [4.78, 5) is 64.6. The number of likely N-dealkylation sites (tertiary alicyclic amines) is 1. The van der Waals surface area contributed by atoms with E-state index in [4.69, 9.17) is 42.9 Å². The van der Waals surface area contributed by atoms with Crippen molar-refractivity contribution in [3.63, 3.8) is 0 Å². The van der Waals surface area contributed by atoms with Crippen molar-refractivity contribution in [2.45, 2.75) is 91.8 Å². The van der Waals surface area contributed by atoms with Crippen LogP contribution in [-0.2, 0) is 23.8 Å². The SMILES string of the molecule is CO.CO[C@H]1/C=C/O[C@@]2(C)Oc3c(C)c4c5c(=O)c(c6oc7cc(OCC8CCN(C)C8)ccc7nc-6c5c3C2=O)NC(=O)/C(C)=C\C=C\C(C)C[C@@H](C)CC(O4)C(OC(C)=O)[C@@H]1C. The molecule has 0 aromatic heterocycles. The molecule has 1 saturated heterocycles. The number of methoxy groups -OCH3 is 1. The second-order valence-electron chi connectivity index (χ2n) is 17.7. The number of rotatable bonds is 5. The normalized spacial score (nSPS) is 29.1. The van der Waals surface area contributed by atoms with Crippen LogP contribution < -0.4 is 25.0 Å². The third-order valence-corrected chi connectivity index (χ3v) is 12.7. The molecule has 0 radical (unpaired) electrons. The zero-order valence-electron chi connectivity index (χ0n) is 38.2. The van der Waals surface area contributed by atoms with Crippen LogP contribution in [0.3, 0.4) is 0 Å². The van der Waals surface area contributed by atoms with Crippen LogP contribution >= 0.6 is 0 Å². The Kier molecular flexibility index (Phi) is 13.5. The van der Waals surface area contributed by atoms with Crippen LogP contribution in [0.1, 0.15) is 76.7 Å². The Hall–Kier alpha value is -5.77. The first-order valence-corrected chi connectivity index (χ1v) is 21.8. The van der Waals surface area contributed by atoms with E-state index in [2.05, 4.69) is 31.1 Å². The van der Waals surface area contributed by atoms with Gasteiger partial charge in [-0.15, -0.1) is 0 Å². The zero-order chi connectivity index (χ0) is 46.2. The minimum Gasteiger partial charge on any atom is -0.493 e. The highest BCUT2D eigenvalue weighted by molar-refractivity contribution is 6.22. The van der Waals surface area contributed by atoms with Gasteiger partial charge in [-0.3, -0.25) is 19.2 Å². The van der Waals surface area contributed by atoms with E-state index in [0.717, 1.165) is 33.0 Å². The molecule has 0 saturated carbocycles. The molecule has 8 atom stereocenters. The number of aliphatic hydroxyl groups excluding tert-OH is 1. The summed E-state index contributed by atoms with van der Waals surface area (Å²) >= 11 is 0. The maximum Gasteiger partial charge on any atom is 0.312 e. The molecule has 5 aliphatic heterocycles. The molecule has 1 fully saturated rings. The number of aliphatic hydroxyl groups is 1. The number of nitrogens with one attached hydrogen (secondary N) is 1. The molecule has 1 aliphatic carbocycles. The third-order valence-electron chi connectivity index (χ3n) is 12.7. The number of aromatic nitrogens is 1. The van der Waals surface area contributed by atoms with Crippen LogP contribution in [-0.4, -0.2) is 97.7 Å². The molecule has 4 unspecified atom stereocenters. The molecule has 2 N–H and O–H groups in total. The molecule has 8 rings (SSSR count). The number of amides is 1. The summed E-state index contributed by atoms with van der Waals surface area (Å²) in [6, 6.07) is 5.27. The van der Waals surface area contributed by atoms with Crippen molar-refractivity contribution >= 4 is 45.2 Å². The number of Topliss-reactive ketones (excluding diaryl/α,β-unsaturated/α-hetero) is 1. The van der Waals surface area contributed by atoms with Crippen molar-refractivity contribution in [1.29, 1.82) is 0 Å². The average molecular weight is 882 g/mol. The number of ether oxygens (including phenoxy) is 6. The lowest BCUT2D eigenvalue weighted by molar-refractivity contribution is -0.159. The highest BCUT2D eigenvalue weighted by Crippen LogP contribution is 2.51. The lowest BCUT2D eigenvalue weighted by atomic mass is 9.85. The summed E-state index contributed by atoms with van der Waals surface area (Å²) in [7, 11) is 4.62. The highest BCUT2D eigenvalue weighted by atomic mass is 16.7. The van der Waals surface area contributed by atoms with E-state index in [9.17, 15) is 14.4 Å². The molecule has 2 aromatic carbocycles. The van der Waals surface area contributed by atoms with Gasteiger partial charge in [0.15, 0.2) is 11.3 Å². The summed E-state index contributed by atoms with van der Waals surface area (Å²) < 4.78 is 44.6.